The average molecular weight is 457 g/mol. The monoisotopic (exact) mass is 456 g/mol. The number of amides is 1. The minimum absolute atomic E-state index is 0.0811. The molecule has 0 spiro atoms. The summed E-state index contributed by atoms with van der Waals surface area (Å²) in [5.74, 6) is -0.566. The number of anilines is 2. The molecule has 0 aliphatic carbocycles. The Balaban J connectivity index is 1.85. The van der Waals surface area contributed by atoms with Gasteiger partial charge in [-0.15, -0.1) is 0 Å². The van der Waals surface area contributed by atoms with Gasteiger partial charge < -0.3 is 5.32 Å². The summed E-state index contributed by atoms with van der Waals surface area (Å²) in [4.78, 5) is 12.3. The van der Waals surface area contributed by atoms with Crippen LogP contribution in [0.2, 0.25) is 5.02 Å². The summed E-state index contributed by atoms with van der Waals surface area (Å²) < 4.78 is 39.5. The van der Waals surface area contributed by atoms with Crippen LogP contribution in [0.25, 0.3) is 0 Å². The lowest BCUT2D eigenvalue weighted by molar-refractivity contribution is -0.137. The molecule has 5 nitrogen and oxygen atoms in total. The van der Waals surface area contributed by atoms with Gasteiger partial charge in [-0.3, -0.25) is 9.80 Å². The summed E-state index contributed by atoms with van der Waals surface area (Å²) in [6, 6.07) is 19.6. The summed E-state index contributed by atoms with van der Waals surface area (Å²) in [6.45, 7) is 0.0811. The molecule has 0 aliphatic rings. The quantitative estimate of drug-likeness (QED) is 0.373. The summed E-state index contributed by atoms with van der Waals surface area (Å²) in [5, 5.41) is 17.4. The molecule has 0 saturated carbocycles. The summed E-state index contributed by atoms with van der Waals surface area (Å²) in [6.07, 6.45) is -3.54. The van der Waals surface area contributed by atoms with Crippen LogP contribution < -0.4 is 10.3 Å². The fraction of sp³-hybridized carbons (Fsp3) is 0.0870. The number of hydrogen-bond acceptors (Lipinski definition) is 4. The Morgan fingerprint density at radius 3 is 2.41 bits per heavy atom. The lowest BCUT2D eigenvalue weighted by Gasteiger charge is -2.20. The number of halogens is 4. The third-order valence-electron chi connectivity index (χ3n) is 4.31. The lowest BCUT2D eigenvalue weighted by Crippen LogP contribution is -2.20. The maximum Gasteiger partial charge on any atom is 0.416 e. The van der Waals surface area contributed by atoms with Gasteiger partial charge in [-0.1, -0.05) is 29.8 Å². The zero-order chi connectivity index (χ0) is 23.1. The molecule has 0 bridgehead atoms. The average Bonchev–Trinajstić information content (AvgIpc) is 2.78. The minimum Gasteiger partial charge on any atom is -0.321 e. The summed E-state index contributed by atoms with van der Waals surface area (Å²) in [5.41, 5.74) is 0.950. The van der Waals surface area contributed by atoms with Crippen LogP contribution in [-0.2, 0) is 17.5 Å². The number of nitrogens with one attached hydrogen (secondary N) is 1. The molecule has 3 aromatic rings. The van der Waals surface area contributed by atoms with E-state index in [-0.39, 0.29) is 12.2 Å². The SMILES string of the molecule is N#Cc1ccc(CN(/N=C\C(=O)Nc2ccc(Cl)cc2)c2cccc(C(F)(F)F)c2)cc1. The predicted molar refractivity (Wildman–Crippen MR) is 117 cm³/mol. The Kier molecular flexibility index (Phi) is 7.13. The molecule has 162 valence electrons. The molecule has 0 radical (unpaired) electrons. The molecule has 0 saturated heterocycles. The second-order valence-electron chi connectivity index (χ2n) is 6.66. The van der Waals surface area contributed by atoms with Crippen molar-refractivity contribution in [3.05, 3.63) is 94.5 Å². The molecule has 32 heavy (non-hydrogen) atoms. The molecule has 0 atom stereocenters. The Bertz CT molecular complexity index is 1150. The molecule has 1 amide bonds. The van der Waals surface area contributed by atoms with Crippen molar-refractivity contribution in [1.82, 2.24) is 0 Å². The summed E-state index contributed by atoms with van der Waals surface area (Å²) in [7, 11) is 0. The number of benzene rings is 3. The van der Waals surface area contributed by atoms with Crippen molar-refractivity contribution >= 4 is 35.1 Å². The zero-order valence-corrected chi connectivity index (χ0v) is 17.2. The highest BCUT2D eigenvalue weighted by molar-refractivity contribution is 6.32. The smallest absolute Gasteiger partial charge is 0.321 e. The molecule has 0 heterocycles. The number of rotatable bonds is 6. The highest BCUT2D eigenvalue weighted by atomic mass is 35.5. The van der Waals surface area contributed by atoms with Crippen molar-refractivity contribution < 1.29 is 18.0 Å². The topological polar surface area (TPSA) is 68.5 Å². The highest BCUT2D eigenvalue weighted by Crippen LogP contribution is 2.32. The number of hydrazone groups is 1. The number of alkyl halides is 3. The minimum atomic E-state index is -4.52. The Morgan fingerprint density at radius 1 is 1.09 bits per heavy atom. The molecular formula is C23H16ClF3N4O. The first-order chi connectivity index (χ1) is 15.2. The van der Waals surface area contributed by atoms with E-state index < -0.39 is 17.6 Å². The van der Waals surface area contributed by atoms with Gasteiger partial charge in [0.25, 0.3) is 5.91 Å². The van der Waals surface area contributed by atoms with Gasteiger partial charge in [-0.05, 0) is 60.2 Å². The standard InChI is InChI=1S/C23H16ClF3N4O/c24-19-8-10-20(11-9-19)30-22(32)14-29-31(15-17-6-4-16(13-28)5-7-17)21-3-1-2-18(12-21)23(25,26)27/h1-12,14H,15H2,(H,30,32)/b29-14-. The van der Waals surface area contributed by atoms with E-state index in [0.717, 1.165) is 18.3 Å². The van der Waals surface area contributed by atoms with Gasteiger partial charge in [0.15, 0.2) is 0 Å². The van der Waals surface area contributed by atoms with Crippen molar-refractivity contribution in [1.29, 1.82) is 5.26 Å². The highest BCUT2D eigenvalue weighted by Gasteiger charge is 2.30. The van der Waals surface area contributed by atoms with E-state index in [1.54, 1.807) is 48.5 Å². The van der Waals surface area contributed by atoms with Crippen LogP contribution in [0.3, 0.4) is 0 Å². The van der Waals surface area contributed by atoms with E-state index in [4.69, 9.17) is 16.9 Å². The molecule has 3 rings (SSSR count). The van der Waals surface area contributed by atoms with E-state index >= 15 is 0 Å². The maximum absolute atomic E-state index is 13.2. The number of carbonyl (C=O) groups excluding carboxylic acids is 1. The molecule has 1 N–H and O–H groups in total. The second-order valence-corrected chi connectivity index (χ2v) is 7.09. The third kappa shape index (κ3) is 6.33. The van der Waals surface area contributed by atoms with Gasteiger partial charge in [-0.25, -0.2) is 0 Å². The molecule has 9 heteroatoms. The fourth-order valence-electron chi connectivity index (χ4n) is 2.73. The fourth-order valence-corrected chi connectivity index (χ4v) is 2.86. The van der Waals surface area contributed by atoms with Crippen LogP contribution in [0.4, 0.5) is 24.5 Å². The zero-order valence-electron chi connectivity index (χ0n) is 16.5. The predicted octanol–water partition coefficient (Wildman–Crippen LogP) is 5.86. The number of nitriles is 1. The first-order valence-electron chi connectivity index (χ1n) is 9.29. The van der Waals surface area contributed by atoms with Crippen molar-refractivity contribution in [3.63, 3.8) is 0 Å². The van der Waals surface area contributed by atoms with Crippen LogP contribution in [0, 0.1) is 11.3 Å². The van der Waals surface area contributed by atoms with Gasteiger partial charge in [0.05, 0.1) is 29.4 Å². The largest absolute Gasteiger partial charge is 0.416 e. The van der Waals surface area contributed by atoms with E-state index in [2.05, 4.69) is 10.4 Å². The Hall–Kier alpha value is -3.83. The van der Waals surface area contributed by atoms with E-state index in [1.807, 2.05) is 6.07 Å². The van der Waals surface area contributed by atoms with E-state index in [0.29, 0.717) is 21.8 Å². The van der Waals surface area contributed by atoms with Gasteiger partial charge in [0.1, 0.15) is 6.21 Å². The van der Waals surface area contributed by atoms with Crippen molar-refractivity contribution in [3.8, 4) is 6.07 Å². The second kappa shape index (κ2) is 9.98. The van der Waals surface area contributed by atoms with Crippen molar-refractivity contribution in [2.75, 3.05) is 10.3 Å². The van der Waals surface area contributed by atoms with Gasteiger partial charge >= 0.3 is 6.18 Å². The molecule has 3 aromatic carbocycles. The molecule has 0 unspecified atom stereocenters. The van der Waals surface area contributed by atoms with E-state index in [9.17, 15) is 18.0 Å². The molecule has 0 aromatic heterocycles. The lowest BCUT2D eigenvalue weighted by atomic mass is 10.1. The third-order valence-corrected chi connectivity index (χ3v) is 4.57. The van der Waals surface area contributed by atoms with Crippen molar-refractivity contribution in [2.45, 2.75) is 12.7 Å². The van der Waals surface area contributed by atoms with Crippen LogP contribution in [0.5, 0.6) is 0 Å². The van der Waals surface area contributed by atoms with Gasteiger partial charge in [0, 0.05) is 10.7 Å². The van der Waals surface area contributed by atoms with E-state index in [1.165, 1.54) is 17.1 Å². The number of nitrogens with zero attached hydrogens (tertiary/aromatic N) is 3. The van der Waals surface area contributed by atoms with Crippen LogP contribution in [-0.4, -0.2) is 12.1 Å². The first kappa shape index (κ1) is 22.8. The van der Waals surface area contributed by atoms with Crippen molar-refractivity contribution in [2.24, 2.45) is 5.10 Å². The Labute approximate surface area is 187 Å². The first-order valence-corrected chi connectivity index (χ1v) is 9.67. The van der Waals surface area contributed by atoms with Gasteiger partial charge in [0.2, 0.25) is 0 Å². The number of hydrogen-bond donors (Lipinski definition) is 1. The molecule has 0 aliphatic heterocycles. The van der Waals surface area contributed by atoms with Crippen LogP contribution in [0.1, 0.15) is 16.7 Å². The molecule has 0 fully saturated rings. The maximum atomic E-state index is 13.2. The number of carbonyl (C=O) groups is 1. The molecular weight excluding hydrogens is 441 g/mol. The summed E-state index contributed by atoms with van der Waals surface area (Å²) >= 11 is 5.82. The van der Waals surface area contributed by atoms with Crippen LogP contribution >= 0.6 is 11.6 Å². The van der Waals surface area contributed by atoms with Gasteiger partial charge in [-0.2, -0.15) is 23.5 Å². The normalized spacial score (nSPS) is 11.2. The van der Waals surface area contributed by atoms with Crippen LogP contribution in [0.15, 0.2) is 77.9 Å². The Morgan fingerprint density at radius 2 is 1.78 bits per heavy atom.